The summed E-state index contributed by atoms with van der Waals surface area (Å²) in [6.07, 6.45) is 0. The lowest BCUT2D eigenvalue weighted by Gasteiger charge is -2.12. The van der Waals surface area contributed by atoms with Crippen molar-refractivity contribution in [1.29, 1.82) is 0 Å². The van der Waals surface area contributed by atoms with Gasteiger partial charge >= 0.3 is 5.97 Å². The van der Waals surface area contributed by atoms with Crippen LogP contribution < -0.4 is 10.1 Å². The van der Waals surface area contributed by atoms with Crippen molar-refractivity contribution in [2.45, 2.75) is 13.5 Å². The van der Waals surface area contributed by atoms with Gasteiger partial charge in [-0.05, 0) is 42.6 Å². The van der Waals surface area contributed by atoms with Crippen molar-refractivity contribution in [3.8, 4) is 5.75 Å². The average molecular weight is 393 g/mol. The van der Waals surface area contributed by atoms with Crippen LogP contribution in [-0.4, -0.2) is 30.2 Å². The van der Waals surface area contributed by atoms with Crippen LogP contribution in [0, 0.1) is 0 Å². The fourth-order valence-electron chi connectivity index (χ4n) is 2.62. The molecule has 0 aliphatic carbocycles. The minimum Gasteiger partial charge on any atom is -0.495 e. The molecule has 1 aromatic carbocycles. The Morgan fingerprint density at radius 1 is 1.27 bits per heavy atom. The molecule has 2 heterocycles. The second-order valence-corrected chi connectivity index (χ2v) is 6.74. The van der Waals surface area contributed by atoms with Gasteiger partial charge in [0, 0.05) is 10.4 Å². The zero-order chi connectivity index (χ0) is 18.7. The largest absolute Gasteiger partial charge is 0.495 e. The third-order valence-corrected chi connectivity index (χ3v) is 4.91. The van der Waals surface area contributed by atoms with Gasteiger partial charge in [0.1, 0.15) is 22.8 Å². The van der Waals surface area contributed by atoms with Crippen molar-refractivity contribution < 1.29 is 19.1 Å². The highest BCUT2D eigenvalue weighted by molar-refractivity contribution is 7.16. The Morgan fingerprint density at radius 2 is 2.08 bits per heavy atom. The van der Waals surface area contributed by atoms with Gasteiger partial charge in [-0.3, -0.25) is 4.79 Å². The number of amides is 1. The molecule has 8 heteroatoms. The van der Waals surface area contributed by atoms with Crippen LogP contribution in [-0.2, 0) is 16.1 Å². The first-order chi connectivity index (χ1) is 12.5. The Bertz CT molecular complexity index is 963. The number of esters is 1. The number of hydrogen-bond donors (Lipinski definition) is 1. The maximum absolute atomic E-state index is 12.6. The number of thiophene rings is 1. The van der Waals surface area contributed by atoms with E-state index >= 15 is 0 Å². The van der Waals surface area contributed by atoms with Crippen molar-refractivity contribution in [2.24, 2.45) is 0 Å². The Hall–Kier alpha value is -2.51. The summed E-state index contributed by atoms with van der Waals surface area (Å²) >= 11 is 7.45. The zero-order valence-electron chi connectivity index (χ0n) is 14.2. The number of carbonyl (C=O) groups is 2. The molecule has 6 nitrogen and oxygen atoms in total. The SMILES string of the molecule is CCOC(=O)c1cc2ccsc2n1CC(=O)Nc1cc(Cl)ccc1OC. The van der Waals surface area contributed by atoms with Gasteiger partial charge in [-0.15, -0.1) is 11.3 Å². The van der Waals surface area contributed by atoms with Crippen LogP contribution in [0.2, 0.25) is 5.02 Å². The highest BCUT2D eigenvalue weighted by atomic mass is 35.5. The Kier molecular flexibility index (Phi) is 5.49. The van der Waals surface area contributed by atoms with E-state index in [0.29, 0.717) is 22.2 Å². The number of aromatic nitrogens is 1. The summed E-state index contributed by atoms with van der Waals surface area (Å²) in [5.41, 5.74) is 0.819. The monoisotopic (exact) mass is 392 g/mol. The second-order valence-electron chi connectivity index (χ2n) is 5.41. The summed E-state index contributed by atoms with van der Waals surface area (Å²) in [6.45, 7) is 1.98. The number of anilines is 1. The summed E-state index contributed by atoms with van der Waals surface area (Å²) in [5, 5.41) is 6.07. The number of hydrogen-bond acceptors (Lipinski definition) is 5. The highest BCUT2D eigenvalue weighted by Gasteiger charge is 2.20. The molecule has 26 heavy (non-hydrogen) atoms. The molecule has 3 rings (SSSR count). The Morgan fingerprint density at radius 3 is 2.81 bits per heavy atom. The van der Waals surface area contributed by atoms with Gasteiger partial charge in [-0.2, -0.15) is 0 Å². The first kappa shape index (κ1) is 18.3. The maximum atomic E-state index is 12.6. The van der Waals surface area contributed by atoms with Gasteiger partial charge in [0.2, 0.25) is 5.91 Å². The number of nitrogens with zero attached hydrogens (tertiary/aromatic N) is 1. The minimum atomic E-state index is -0.455. The fraction of sp³-hybridized carbons (Fsp3) is 0.222. The molecular formula is C18H17ClN2O4S. The van der Waals surface area contributed by atoms with Crippen LogP contribution in [0.15, 0.2) is 35.7 Å². The quantitative estimate of drug-likeness (QED) is 0.639. The van der Waals surface area contributed by atoms with E-state index < -0.39 is 5.97 Å². The smallest absolute Gasteiger partial charge is 0.355 e. The van der Waals surface area contributed by atoms with E-state index in [1.54, 1.807) is 35.8 Å². The van der Waals surface area contributed by atoms with Crippen molar-refractivity contribution in [2.75, 3.05) is 19.0 Å². The fourth-order valence-corrected chi connectivity index (χ4v) is 3.69. The molecule has 0 atom stereocenters. The first-order valence-corrected chi connectivity index (χ1v) is 9.16. The molecule has 0 aliphatic heterocycles. The van der Waals surface area contributed by atoms with Gasteiger partial charge in [-0.25, -0.2) is 4.79 Å². The lowest BCUT2D eigenvalue weighted by Crippen LogP contribution is -2.22. The summed E-state index contributed by atoms with van der Waals surface area (Å²) in [4.78, 5) is 25.6. The molecule has 0 radical (unpaired) electrons. The number of benzene rings is 1. The van der Waals surface area contributed by atoms with Crippen molar-refractivity contribution >= 4 is 50.7 Å². The van der Waals surface area contributed by atoms with Crippen LogP contribution in [0.4, 0.5) is 5.69 Å². The number of nitrogens with one attached hydrogen (secondary N) is 1. The molecule has 0 spiro atoms. The Balaban J connectivity index is 1.87. The molecule has 0 aliphatic rings. The van der Waals surface area contributed by atoms with Crippen molar-refractivity contribution in [1.82, 2.24) is 4.57 Å². The van der Waals surface area contributed by atoms with Gasteiger partial charge in [-0.1, -0.05) is 11.6 Å². The molecular weight excluding hydrogens is 376 g/mol. The lowest BCUT2D eigenvalue weighted by atomic mass is 10.3. The molecule has 1 N–H and O–H groups in total. The van der Waals surface area contributed by atoms with E-state index in [4.69, 9.17) is 21.1 Å². The van der Waals surface area contributed by atoms with Crippen molar-refractivity contribution in [3.63, 3.8) is 0 Å². The number of fused-ring (bicyclic) bond motifs is 1. The van der Waals surface area contributed by atoms with E-state index in [9.17, 15) is 9.59 Å². The summed E-state index contributed by atoms with van der Waals surface area (Å²) in [7, 11) is 1.51. The van der Waals surface area contributed by atoms with Crippen LogP contribution >= 0.6 is 22.9 Å². The molecule has 0 unspecified atom stereocenters. The predicted octanol–water partition coefficient (Wildman–Crippen LogP) is 4.18. The zero-order valence-corrected chi connectivity index (χ0v) is 15.8. The number of methoxy groups -OCH3 is 1. The second kappa shape index (κ2) is 7.80. The molecule has 0 fully saturated rings. The lowest BCUT2D eigenvalue weighted by molar-refractivity contribution is -0.116. The molecule has 3 aromatic rings. The first-order valence-electron chi connectivity index (χ1n) is 7.90. The minimum absolute atomic E-state index is 0.0339. The van der Waals surface area contributed by atoms with Crippen LogP contribution in [0.1, 0.15) is 17.4 Å². The van der Waals surface area contributed by atoms with E-state index in [0.717, 1.165) is 10.2 Å². The van der Waals surface area contributed by atoms with Gasteiger partial charge < -0.3 is 19.4 Å². The van der Waals surface area contributed by atoms with Crippen molar-refractivity contribution in [3.05, 3.63) is 46.4 Å². The number of halogens is 1. The third-order valence-electron chi connectivity index (χ3n) is 3.72. The number of ether oxygens (including phenoxy) is 2. The van der Waals surface area contributed by atoms with E-state index in [2.05, 4.69) is 5.32 Å². The van der Waals surface area contributed by atoms with Gasteiger partial charge in [0.25, 0.3) is 0 Å². The standard InChI is InChI=1S/C18H17ClN2O4S/c1-3-25-18(23)14-8-11-6-7-26-17(11)21(14)10-16(22)20-13-9-12(19)4-5-15(13)24-2/h4-9H,3,10H2,1-2H3,(H,20,22). The van der Waals surface area contributed by atoms with E-state index in [-0.39, 0.29) is 19.1 Å². The molecule has 1 amide bonds. The number of rotatable bonds is 6. The number of carbonyl (C=O) groups excluding carboxylic acids is 2. The van der Waals surface area contributed by atoms with Gasteiger partial charge in [0.15, 0.2) is 0 Å². The molecule has 2 aromatic heterocycles. The van der Waals surface area contributed by atoms with Crippen LogP contribution in [0.3, 0.4) is 0 Å². The highest BCUT2D eigenvalue weighted by Crippen LogP contribution is 2.29. The Labute approximate surface area is 159 Å². The molecule has 0 bridgehead atoms. The summed E-state index contributed by atoms with van der Waals surface area (Å²) in [5.74, 6) is -0.256. The molecule has 136 valence electrons. The molecule has 0 saturated heterocycles. The van der Waals surface area contributed by atoms with Crippen LogP contribution in [0.25, 0.3) is 10.2 Å². The normalized spacial score (nSPS) is 10.7. The summed E-state index contributed by atoms with van der Waals surface area (Å²) < 4.78 is 12.0. The molecule has 0 saturated carbocycles. The maximum Gasteiger partial charge on any atom is 0.355 e. The van der Waals surface area contributed by atoms with E-state index in [1.165, 1.54) is 18.4 Å². The average Bonchev–Trinajstić information content (AvgIpc) is 3.18. The predicted molar refractivity (Wildman–Crippen MR) is 102 cm³/mol. The third kappa shape index (κ3) is 3.68. The summed E-state index contributed by atoms with van der Waals surface area (Å²) in [6, 6.07) is 8.60. The van der Waals surface area contributed by atoms with Crippen LogP contribution in [0.5, 0.6) is 5.75 Å². The van der Waals surface area contributed by atoms with E-state index in [1.807, 2.05) is 11.4 Å². The topological polar surface area (TPSA) is 69.6 Å². The van der Waals surface area contributed by atoms with Gasteiger partial charge in [0.05, 0.1) is 19.4 Å².